The van der Waals surface area contributed by atoms with Crippen LogP contribution in [0.4, 0.5) is 0 Å². The molecule has 8 heteroatoms. The van der Waals surface area contributed by atoms with Crippen LogP contribution in [0.5, 0.6) is 0 Å². The van der Waals surface area contributed by atoms with Gasteiger partial charge in [0.05, 0.1) is 5.92 Å². The van der Waals surface area contributed by atoms with Crippen LogP contribution in [-0.4, -0.2) is 75.0 Å². The summed E-state index contributed by atoms with van der Waals surface area (Å²) in [5.74, 6) is 0.512. The fraction of sp³-hybridized carbons (Fsp3) is 0.867. The summed E-state index contributed by atoms with van der Waals surface area (Å²) >= 11 is 0. The Labute approximate surface area is 151 Å². The summed E-state index contributed by atoms with van der Waals surface area (Å²) in [6, 6.07) is 0. The number of carbonyl (C=O) groups is 2. The predicted molar refractivity (Wildman–Crippen MR) is 96.3 cm³/mol. The number of rotatable bonds is 6. The van der Waals surface area contributed by atoms with Gasteiger partial charge in [-0.1, -0.05) is 0 Å². The molecule has 6 nitrogen and oxygen atoms in total. The average Bonchev–Trinajstić information content (AvgIpc) is 2.85. The summed E-state index contributed by atoms with van der Waals surface area (Å²) in [6.07, 6.45) is 2.72. The highest BCUT2D eigenvalue weighted by atomic mass is 35.5. The molecule has 23 heavy (non-hydrogen) atoms. The molecule has 2 rings (SSSR count). The molecule has 2 aliphatic rings. The molecule has 2 aliphatic heterocycles. The van der Waals surface area contributed by atoms with Crippen molar-refractivity contribution in [2.24, 2.45) is 11.8 Å². The number of nitrogens with one attached hydrogen (secondary N) is 2. The van der Waals surface area contributed by atoms with E-state index in [1.807, 2.05) is 19.0 Å². The van der Waals surface area contributed by atoms with Gasteiger partial charge in [-0.25, -0.2) is 0 Å². The van der Waals surface area contributed by atoms with Crippen molar-refractivity contribution in [1.29, 1.82) is 0 Å². The first-order valence-corrected chi connectivity index (χ1v) is 7.97. The lowest BCUT2D eigenvalue weighted by Gasteiger charge is -2.23. The summed E-state index contributed by atoms with van der Waals surface area (Å²) in [6.45, 7) is 4.92. The summed E-state index contributed by atoms with van der Waals surface area (Å²) in [4.78, 5) is 28.0. The highest BCUT2D eigenvalue weighted by molar-refractivity contribution is 5.89. The number of amides is 2. The van der Waals surface area contributed by atoms with Crippen LogP contribution in [0.1, 0.15) is 19.3 Å². The molecular weight excluding hydrogens is 339 g/mol. The first kappa shape index (κ1) is 22.4. The van der Waals surface area contributed by atoms with Gasteiger partial charge >= 0.3 is 0 Å². The number of likely N-dealkylation sites (tertiary alicyclic amines) is 1. The Hall–Kier alpha value is -0.560. The van der Waals surface area contributed by atoms with E-state index in [0.717, 1.165) is 26.2 Å². The monoisotopic (exact) mass is 368 g/mol. The van der Waals surface area contributed by atoms with Crippen molar-refractivity contribution in [3.8, 4) is 0 Å². The van der Waals surface area contributed by atoms with Gasteiger partial charge in [0.25, 0.3) is 0 Å². The SMILES string of the molecule is CN(C)CCN1CC(C(=O)NCC2CCCNC2)CC1=O.Cl.Cl. The van der Waals surface area contributed by atoms with E-state index in [1.165, 1.54) is 12.8 Å². The Morgan fingerprint density at radius 1 is 1.39 bits per heavy atom. The van der Waals surface area contributed by atoms with Crippen LogP contribution in [0.15, 0.2) is 0 Å². The van der Waals surface area contributed by atoms with Crippen molar-refractivity contribution in [2.75, 3.05) is 53.4 Å². The third-order valence-corrected chi connectivity index (χ3v) is 4.37. The number of halogens is 2. The topological polar surface area (TPSA) is 64.7 Å². The minimum Gasteiger partial charge on any atom is -0.355 e. The van der Waals surface area contributed by atoms with Gasteiger partial charge in [-0.2, -0.15) is 0 Å². The van der Waals surface area contributed by atoms with Gasteiger partial charge in [0.2, 0.25) is 11.8 Å². The maximum atomic E-state index is 12.2. The van der Waals surface area contributed by atoms with Gasteiger partial charge in [0, 0.05) is 32.6 Å². The molecule has 2 fully saturated rings. The van der Waals surface area contributed by atoms with Crippen LogP contribution in [0, 0.1) is 11.8 Å². The summed E-state index contributed by atoms with van der Waals surface area (Å²) < 4.78 is 0. The lowest BCUT2D eigenvalue weighted by atomic mass is 9.99. The third-order valence-electron chi connectivity index (χ3n) is 4.37. The van der Waals surface area contributed by atoms with E-state index in [-0.39, 0.29) is 42.5 Å². The molecule has 2 saturated heterocycles. The van der Waals surface area contributed by atoms with Gasteiger partial charge in [0.15, 0.2) is 0 Å². The molecule has 2 heterocycles. The molecule has 2 unspecified atom stereocenters. The molecule has 136 valence electrons. The van der Waals surface area contributed by atoms with Crippen LogP contribution in [-0.2, 0) is 9.59 Å². The number of hydrogen-bond acceptors (Lipinski definition) is 4. The Kier molecular flexibility index (Phi) is 10.8. The fourth-order valence-corrected chi connectivity index (χ4v) is 2.97. The lowest BCUT2D eigenvalue weighted by Crippen LogP contribution is -2.41. The molecule has 0 spiro atoms. The van der Waals surface area contributed by atoms with E-state index >= 15 is 0 Å². The molecule has 2 N–H and O–H groups in total. The minimum atomic E-state index is -0.170. The van der Waals surface area contributed by atoms with Crippen LogP contribution in [0.2, 0.25) is 0 Å². The van der Waals surface area contributed by atoms with E-state index in [0.29, 0.717) is 25.4 Å². The first-order valence-electron chi connectivity index (χ1n) is 7.97. The number of carbonyl (C=O) groups excluding carboxylic acids is 2. The highest BCUT2D eigenvalue weighted by Gasteiger charge is 2.34. The Morgan fingerprint density at radius 2 is 2.13 bits per heavy atom. The van der Waals surface area contributed by atoms with E-state index < -0.39 is 0 Å². The second kappa shape index (κ2) is 11.1. The van der Waals surface area contributed by atoms with Crippen molar-refractivity contribution in [1.82, 2.24) is 20.4 Å². The second-order valence-electron chi connectivity index (χ2n) is 6.50. The molecule has 2 atom stereocenters. The molecule has 0 radical (unpaired) electrons. The van der Waals surface area contributed by atoms with E-state index in [9.17, 15) is 9.59 Å². The third kappa shape index (κ3) is 7.25. The molecular formula is C15H30Cl2N4O2. The van der Waals surface area contributed by atoms with E-state index in [2.05, 4.69) is 15.5 Å². The second-order valence-corrected chi connectivity index (χ2v) is 6.50. The van der Waals surface area contributed by atoms with E-state index in [4.69, 9.17) is 0 Å². The Morgan fingerprint density at radius 3 is 2.74 bits per heavy atom. The summed E-state index contributed by atoms with van der Waals surface area (Å²) in [7, 11) is 3.98. The largest absolute Gasteiger partial charge is 0.355 e. The number of hydrogen-bond donors (Lipinski definition) is 2. The van der Waals surface area contributed by atoms with Crippen LogP contribution in [0.25, 0.3) is 0 Å². The zero-order valence-corrected chi connectivity index (χ0v) is 15.7. The number of nitrogens with zero attached hydrogens (tertiary/aromatic N) is 2. The van der Waals surface area contributed by atoms with Gasteiger partial charge < -0.3 is 20.4 Å². The number of likely N-dealkylation sites (N-methyl/N-ethyl adjacent to an activating group) is 1. The van der Waals surface area contributed by atoms with Crippen LogP contribution < -0.4 is 10.6 Å². The molecule has 0 aliphatic carbocycles. The summed E-state index contributed by atoms with van der Waals surface area (Å²) in [5, 5.41) is 6.38. The van der Waals surface area contributed by atoms with Crippen molar-refractivity contribution >= 4 is 36.6 Å². The Bertz CT molecular complexity index is 376. The zero-order chi connectivity index (χ0) is 15.2. The first-order chi connectivity index (χ1) is 10.1. The summed E-state index contributed by atoms with van der Waals surface area (Å²) in [5.41, 5.74) is 0. The molecule has 0 aromatic carbocycles. The minimum absolute atomic E-state index is 0. The van der Waals surface area contributed by atoms with Crippen molar-refractivity contribution < 1.29 is 9.59 Å². The normalized spacial score (nSPS) is 24.1. The average molecular weight is 369 g/mol. The molecule has 0 saturated carbocycles. The van der Waals surface area contributed by atoms with Gasteiger partial charge in [-0.15, -0.1) is 24.8 Å². The smallest absolute Gasteiger partial charge is 0.225 e. The van der Waals surface area contributed by atoms with Crippen LogP contribution in [0.3, 0.4) is 0 Å². The van der Waals surface area contributed by atoms with E-state index in [1.54, 1.807) is 0 Å². The standard InChI is InChI=1S/C15H28N4O2.2ClH/c1-18(2)6-7-19-11-13(8-14(19)20)15(21)17-10-12-4-3-5-16-9-12;;/h12-13,16H,3-11H2,1-2H3,(H,17,21);2*1H. The number of piperidine rings is 1. The maximum Gasteiger partial charge on any atom is 0.225 e. The van der Waals surface area contributed by atoms with Gasteiger partial charge in [0.1, 0.15) is 0 Å². The van der Waals surface area contributed by atoms with Gasteiger partial charge in [-0.3, -0.25) is 9.59 Å². The quantitative estimate of drug-likeness (QED) is 0.710. The van der Waals surface area contributed by atoms with Crippen molar-refractivity contribution in [2.45, 2.75) is 19.3 Å². The molecule has 0 aromatic heterocycles. The molecule has 0 bridgehead atoms. The lowest BCUT2D eigenvalue weighted by molar-refractivity contribution is -0.129. The van der Waals surface area contributed by atoms with Crippen LogP contribution >= 0.6 is 24.8 Å². The van der Waals surface area contributed by atoms with Crippen molar-refractivity contribution in [3.05, 3.63) is 0 Å². The maximum absolute atomic E-state index is 12.2. The molecule has 2 amide bonds. The Balaban J connectivity index is 0.00000242. The van der Waals surface area contributed by atoms with Crippen molar-refractivity contribution in [3.63, 3.8) is 0 Å². The highest BCUT2D eigenvalue weighted by Crippen LogP contribution is 2.18. The zero-order valence-electron chi connectivity index (χ0n) is 14.0. The fourth-order valence-electron chi connectivity index (χ4n) is 2.97. The van der Waals surface area contributed by atoms with Gasteiger partial charge in [-0.05, 0) is 45.9 Å². The molecule has 0 aromatic rings. The predicted octanol–water partition coefficient (Wildman–Crippen LogP) is 0.356.